The molecule has 0 aromatic carbocycles. The molecule has 1 heterocycles. The molecule has 1 aliphatic rings. The van der Waals surface area contributed by atoms with Crippen molar-refractivity contribution < 1.29 is 0 Å². The van der Waals surface area contributed by atoms with Crippen LogP contribution in [0.3, 0.4) is 0 Å². The highest BCUT2D eigenvalue weighted by atomic mass is 15.1. The molecule has 0 radical (unpaired) electrons. The molecule has 0 spiro atoms. The second-order valence-corrected chi connectivity index (χ2v) is 4.34. The van der Waals surface area contributed by atoms with Gasteiger partial charge in [-0.1, -0.05) is 12.8 Å². The van der Waals surface area contributed by atoms with Gasteiger partial charge in [0.15, 0.2) is 0 Å². The third kappa shape index (κ3) is 3.20. The number of aromatic nitrogens is 2. The highest BCUT2D eigenvalue weighted by molar-refractivity contribution is 5.32. The van der Waals surface area contributed by atoms with Gasteiger partial charge < -0.3 is 5.32 Å². The molecule has 2 rings (SSSR count). The van der Waals surface area contributed by atoms with Crippen LogP contribution in [0.25, 0.3) is 0 Å². The summed E-state index contributed by atoms with van der Waals surface area (Å²) in [5.41, 5.74) is 1.26. The second kappa shape index (κ2) is 4.93. The monoisotopic (exact) mass is 216 g/mol. The van der Waals surface area contributed by atoms with Gasteiger partial charge in [-0.2, -0.15) is 5.26 Å². The van der Waals surface area contributed by atoms with Crippen LogP contribution in [0, 0.1) is 24.2 Å². The molecule has 1 aromatic heterocycles. The minimum atomic E-state index is 0.428. The molecular formula is C12H16N4. The van der Waals surface area contributed by atoms with Gasteiger partial charge in [0.2, 0.25) is 5.95 Å². The molecule has 4 heteroatoms. The minimum Gasteiger partial charge on any atom is -0.354 e. The van der Waals surface area contributed by atoms with Gasteiger partial charge in [-0.15, -0.1) is 0 Å². The lowest BCUT2D eigenvalue weighted by atomic mass is 10.2. The highest BCUT2D eigenvalue weighted by Gasteiger charge is 2.19. The predicted molar refractivity (Wildman–Crippen MR) is 61.9 cm³/mol. The fourth-order valence-corrected chi connectivity index (χ4v) is 1.70. The van der Waals surface area contributed by atoms with Crippen LogP contribution < -0.4 is 5.32 Å². The van der Waals surface area contributed by atoms with E-state index in [1.54, 1.807) is 6.07 Å². The Hall–Kier alpha value is -1.63. The Labute approximate surface area is 95.7 Å². The molecule has 84 valence electrons. The number of hydrogen-bond acceptors (Lipinski definition) is 4. The highest BCUT2D eigenvalue weighted by Crippen LogP contribution is 2.33. The zero-order valence-corrected chi connectivity index (χ0v) is 9.53. The van der Waals surface area contributed by atoms with Crippen LogP contribution in [0.2, 0.25) is 0 Å². The quantitative estimate of drug-likeness (QED) is 0.767. The lowest BCUT2D eigenvalue weighted by Crippen LogP contribution is -2.07. The molecule has 0 aliphatic heterocycles. The zero-order valence-electron chi connectivity index (χ0n) is 9.53. The SMILES string of the molecule is Cc1cc(C#N)nc(NCCCC2CC2)n1. The molecule has 1 N–H and O–H groups in total. The number of nitrogens with one attached hydrogen (secondary N) is 1. The Kier molecular flexibility index (Phi) is 3.35. The maximum absolute atomic E-state index is 8.77. The molecule has 1 aromatic rings. The van der Waals surface area contributed by atoms with Crippen LogP contribution in [0.5, 0.6) is 0 Å². The summed E-state index contributed by atoms with van der Waals surface area (Å²) in [6.45, 7) is 2.77. The van der Waals surface area contributed by atoms with Crippen LogP contribution in [0.15, 0.2) is 6.07 Å². The second-order valence-electron chi connectivity index (χ2n) is 4.34. The molecule has 0 saturated heterocycles. The van der Waals surface area contributed by atoms with Crippen molar-refractivity contribution in [1.82, 2.24) is 9.97 Å². The summed E-state index contributed by atoms with van der Waals surface area (Å²) in [6.07, 6.45) is 5.26. The number of nitriles is 1. The smallest absolute Gasteiger partial charge is 0.224 e. The fourth-order valence-electron chi connectivity index (χ4n) is 1.70. The van der Waals surface area contributed by atoms with Crippen molar-refractivity contribution in [3.63, 3.8) is 0 Å². The van der Waals surface area contributed by atoms with Crippen molar-refractivity contribution in [3.8, 4) is 6.07 Å². The molecule has 1 saturated carbocycles. The summed E-state index contributed by atoms with van der Waals surface area (Å²) in [5.74, 6) is 1.54. The lowest BCUT2D eigenvalue weighted by Gasteiger charge is -2.05. The summed E-state index contributed by atoms with van der Waals surface area (Å²) in [7, 11) is 0. The van der Waals surface area contributed by atoms with Crippen molar-refractivity contribution in [2.75, 3.05) is 11.9 Å². The van der Waals surface area contributed by atoms with E-state index in [1.807, 2.05) is 13.0 Å². The van der Waals surface area contributed by atoms with Crippen molar-refractivity contribution in [1.29, 1.82) is 5.26 Å². The number of aryl methyl sites for hydroxylation is 1. The third-order valence-corrected chi connectivity index (χ3v) is 2.74. The van der Waals surface area contributed by atoms with Gasteiger partial charge in [-0.25, -0.2) is 9.97 Å². The average Bonchev–Trinajstić information content (AvgIpc) is 3.07. The van der Waals surface area contributed by atoms with E-state index >= 15 is 0 Å². The molecule has 0 amide bonds. The van der Waals surface area contributed by atoms with Crippen LogP contribution in [-0.2, 0) is 0 Å². The first-order chi connectivity index (χ1) is 7.78. The number of rotatable bonds is 5. The van der Waals surface area contributed by atoms with Crippen molar-refractivity contribution >= 4 is 5.95 Å². The maximum atomic E-state index is 8.77. The van der Waals surface area contributed by atoms with E-state index in [4.69, 9.17) is 5.26 Å². The van der Waals surface area contributed by atoms with Gasteiger partial charge in [0, 0.05) is 12.2 Å². The molecular weight excluding hydrogens is 200 g/mol. The van der Waals surface area contributed by atoms with Gasteiger partial charge in [0.05, 0.1) is 0 Å². The predicted octanol–water partition coefficient (Wildman–Crippen LogP) is 2.26. The summed E-state index contributed by atoms with van der Waals surface area (Å²) < 4.78 is 0. The lowest BCUT2D eigenvalue weighted by molar-refractivity contribution is 0.685. The Morgan fingerprint density at radius 3 is 3.00 bits per heavy atom. The van der Waals surface area contributed by atoms with Crippen LogP contribution in [-0.4, -0.2) is 16.5 Å². The molecule has 1 fully saturated rings. The van der Waals surface area contributed by atoms with Gasteiger partial charge in [-0.05, 0) is 31.7 Å². The van der Waals surface area contributed by atoms with E-state index in [0.29, 0.717) is 11.6 Å². The van der Waals surface area contributed by atoms with Crippen LogP contribution >= 0.6 is 0 Å². The van der Waals surface area contributed by atoms with Crippen molar-refractivity contribution in [3.05, 3.63) is 17.5 Å². The number of nitrogens with zero attached hydrogens (tertiary/aromatic N) is 3. The Balaban J connectivity index is 1.83. The summed E-state index contributed by atoms with van der Waals surface area (Å²) in [6, 6.07) is 3.73. The van der Waals surface area contributed by atoms with Crippen LogP contribution in [0.4, 0.5) is 5.95 Å². The van der Waals surface area contributed by atoms with Gasteiger partial charge in [0.1, 0.15) is 11.8 Å². The summed E-state index contributed by atoms with van der Waals surface area (Å²) >= 11 is 0. The van der Waals surface area contributed by atoms with E-state index in [0.717, 1.165) is 24.6 Å². The number of hydrogen-bond donors (Lipinski definition) is 1. The van der Waals surface area contributed by atoms with E-state index in [2.05, 4.69) is 15.3 Å². The van der Waals surface area contributed by atoms with Crippen molar-refractivity contribution in [2.45, 2.75) is 32.6 Å². The largest absolute Gasteiger partial charge is 0.354 e. The molecule has 0 unspecified atom stereocenters. The molecule has 4 nitrogen and oxygen atoms in total. The standard InChI is InChI=1S/C12H16N4/c1-9-7-11(8-13)16-12(15-9)14-6-2-3-10-4-5-10/h7,10H,2-6H2,1H3,(H,14,15,16). The van der Waals surface area contributed by atoms with E-state index in [-0.39, 0.29) is 0 Å². The van der Waals surface area contributed by atoms with E-state index in [9.17, 15) is 0 Å². The van der Waals surface area contributed by atoms with Crippen molar-refractivity contribution in [2.24, 2.45) is 5.92 Å². The first-order valence-electron chi connectivity index (χ1n) is 5.77. The Morgan fingerprint density at radius 1 is 1.50 bits per heavy atom. The molecule has 0 atom stereocenters. The third-order valence-electron chi connectivity index (χ3n) is 2.74. The van der Waals surface area contributed by atoms with Gasteiger partial charge in [-0.3, -0.25) is 0 Å². The first-order valence-corrected chi connectivity index (χ1v) is 5.77. The van der Waals surface area contributed by atoms with Gasteiger partial charge >= 0.3 is 0 Å². The zero-order chi connectivity index (χ0) is 11.4. The molecule has 0 bridgehead atoms. The minimum absolute atomic E-state index is 0.428. The average molecular weight is 216 g/mol. The van der Waals surface area contributed by atoms with E-state index in [1.165, 1.54) is 19.3 Å². The fraction of sp³-hybridized carbons (Fsp3) is 0.583. The Morgan fingerprint density at radius 2 is 2.31 bits per heavy atom. The topological polar surface area (TPSA) is 61.6 Å². The molecule has 16 heavy (non-hydrogen) atoms. The maximum Gasteiger partial charge on any atom is 0.224 e. The van der Waals surface area contributed by atoms with E-state index < -0.39 is 0 Å². The summed E-state index contributed by atoms with van der Waals surface area (Å²) in [4.78, 5) is 8.34. The number of anilines is 1. The first kappa shape index (κ1) is 10.9. The van der Waals surface area contributed by atoms with Gasteiger partial charge in [0.25, 0.3) is 0 Å². The van der Waals surface area contributed by atoms with Crippen LogP contribution in [0.1, 0.15) is 37.1 Å². The normalized spacial score (nSPS) is 14.5. The molecule has 1 aliphatic carbocycles. The Bertz CT molecular complexity index is 404. The summed E-state index contributed by atoms with van der Waals surface area (Å²) in [5, 5.41) is 11.9.